The number of nitrogens with zero attached hydrogens (tertiary/aromatic N) is 4. The predicted octanol–water partition coefficient (Wildman–Crippen LogP) is 15.2. The fourth-order valence-corrected chi connectivity index (χ4v) is 8.82. The standard InChI is InChI=1S/C56H41F3N4/c1-34-24-35(2)27-44(26-34)40-18-22-48-49-23-19-41(45-28-36(3)25-37(4)29-45)32-52(49)63(51(48)31-40)50-33-43(20-21-47(50)42-16-11-17-46(30-42)56(57,58)59)55-61-53(38-12-7-5-8-13-38)60-54(62-55)39-14-9-6-10-15-39/h5-33H,1-4H3. The van der Waals surface area contributed by atoms with E-state index in [0.29, 0.717) is 39.9 Å². The Morgan fingerprint density at radius 1 is 0.365 bits per heavy atom. The van der Waals surface area contributed by atoms with E-state index in [2.05, 4.69) is 105 Å². The van der Waals surface area contributed by atoms with E-state index in [4.69, 9.17) is 15.0 Å². The zero-order valence-electron chi connectivity index (χ0n) is 35.2. The quantitative estimate of drug-likeness (QED) is 0.161. The van der Waals surface area contributed by atoms with Crippen LogP contribution in [0.2, 0.25) is 0 Å². The first-order valence-corrected chi connectivity index (χ1v) is 20.9. The van der Waals surface area contributed by atoms with Crippen molar-refractivity contribution in [2.24, 2.45) is 0 Å². The highest BCUT2D eigenvalue weighted by Gasteiger charge is 2.31. The molecule has 0 bridgehead atoms. The summed E-state index contributed by atoms with van der Waals surface area (Å²) < 4.78 is 45.4. The fraction of sp³-hybridized carbons (Fsp3) is 0.0893. The molecular formula is C56H41F3N4. The monoisotopic (exact) mass is 826 g/mol. The van der Waals surface area contributed by atoms with Gasteiger partial charge in [0.2, 0.25) is 0 Å². The molecule has 0 N–H and O–H groups in total. The van der Waals surface area contributed by atoms with Crippen LogP contribution in [0.5, 0.6) is 0 Å². The molecular weight excluding hydrogens is 786 g/mol. The van der Waals surface area contributed by atoms with Crippen molar-refractivity contribution in [1.82, 2.24) is 19.5 Å². The van der Waals surface area contributed by atoms with Crippen LogP contribution in [0.25, 0.3) is 95.0 Å². The highest BCUT2D eigenvalue weighted by molar-refractivity contribution is 6.12. The van der Waals surface area contributed by atoms with Crippen LogP contribution in [0, 0.1) is 27.7 Å². The lowest BCUT2D eigenvalue weighted by Gasteiger charge is -2.18. The molecule has 0 saturated heterocycles. The second-order valence-corrected chi connectivity index (χ2v) is 16.4. The van der Waals surface area contributed by atoms with Crippen molar-refractivity contribution in [1.29, 1.82) is 0 Å². The molecule has 10 aromatic rings. The predicted molar refractivity (Wildman–Crippen MR) is 251 cm³/mol. The third kappa shape index (κ3) is 7.67. The Balaban J connectivity index is 1.30. The second kappa shape index (κ2) is 15.7. The Morgan fingerprint density at radius 2 is 0.810 bits per heavy atom. The van der Waals surface area contributed by atoms with Gasteiger partial charge in [0.25, 0.3) is 0 Å². The van der Waals surface area contributed by atoms with Gasteiger partial charge in [-0.1, -0.05) is 168 Å². The molecule has 63 heavy (non-hydrogen) atoms. The van der Waals surface area contributed by atoms with Crippen molar-refractivity contribution >= 4 is 21.8 Å². The number of hydrogen-bond donors (Lipinski definition) is 0. The van der Waals surface area contributed by atoms with Crippen LogP contribution >= 0.6 is 0 Å². The van der Waals surface area contributed by atoms with Crippen LogP contribution in [0.15, 0.2) is 176 Å². The first-order valence-electron chi connectivity index (χ1n) is 20.9. The van der Waals surface area contributed by atoms with E-state index in [1.54, 1.807) is 6.07 Å². The van der Waals surface area contributed by atoms with Gasteiger partial charge in [0.1, 0.15) is 0 Å². The van der Waals surface area contributed by atoms with Crippen molar-refractivity contribution in [3.05, 3.63) is 204 Å². The molecule has 7 heteroatoms. The number of fused-ring (bicyclic) bond motifs is 3. The van der Waals surface area contributed by atoms with Gasteiger partial charge in [0.05, 0.1) is 22.3 Å². The average molecular weight is 827 g/mol. The Bertz CT molecular complexity index is 3160. The summed E-state index contributed by atoms with van der Waals surface area (Å²) in [6.07, 6.45) is -4.53. The summed E-state index contributed by atoms with van der Waals surface area (Å²) in [4.78, 5) is 15.0. The van der Waals surface area contributed by atoms with Gasteiger partial charge in [-0.05, 0) is 85.8 Å². The van der Waals surface area contributed by atoms with Gasteiger partial charge >= 0.3 is 6.18 Å². The SMILES string of the molecule is Cc1cc(C)cc(-c2ccc3c4ccc(-c5cc(C)cc(C)c5)cc4n(-c4cc(-c5nc(-c6ccccc6)nc(-c6ccccc6)n5)ccc4-c4cccc(C(F)(F)F)c4)c3c2)c1. The molecule has 0 spiro atoms. The van der Waals surface area contributed by atoms with Crippen molar-refractivity contribution in [2.45, 2.75) is 33.9 Å². The lowest BCUT2D eigenvalue weighted by molar-refractivity contribution is -0.137. The molecule has 0 aliphatic heterocycles. The van der Waals surface area contributed by atoms with Gasteiger partial charge in [0, 0.05) is 33.0 Å². The zero-order valence-corrected chi connectivity index (χ0v) is 35.2. The largest absolute Gasteiger partial charge is 0.416 e. The summed E-state index contributed by atoms with van der Waals surface area (Å²) in [6.45, 7) is 8.39. The lowest BCUT2D eigenvalue weighted by Crippen LogP contribution is -2.05. The summed E-state index contributed by atoms with van der Waals surface area (Å²) in [6, 6.07) is 57.0. The molecule has 0 fully saturated rings. The van der Waals surface area contributed by atoms with Crippen LogP contribution in [-0.4, -0.2) is 19.5 Å². The van der Waals surface area contributed by atoms with Crippen LogP contribution in [-0.2, 0) is 6.18 Å². The Kier molecular flexibility index (Phi) is 9.83. The molecule has 0 aliphatic rings. The van der Waals surface area contributed by atoms with E-state index in [1.807, 2.05) is 78.9 Å². The third-order valence-corrected chi connectivity index (χ3v) is 11.6. The molecule has 10 rings (SSSR count). The van der Waals surface area contributed by atoms with Gasteiger partial charge in [-0.3, -0.25) is 0 Å². The van der Waals surface area contributed by atoms with Gasteiger partial charge in [-0.25, -0.2) is 15.0 Å². The number of halogens is 3. The minimum atomic E-state index is -4.53. The third-order valence-electron chi connectivity index (χ3n) is 11.6. The van der Waals surface area contributed by atoms with Gasteiger partial charge in [-0.2, -0.15) is 13.2 Å². The van der Waals surface area contributed by atoms with Crippen LogP contribution in [0.3, 0.4) is 0 Å². The molecule has 0 atom stereocenters. The molecule has 4 nitrogen and oxygen atoms in total. The molecule has 0 amide bonds. The number of aromatic nitrogens is 4. The molecule has 8 aromatic carbocycles. The topological polar surface area (TPSA) is 43.6 Å². The lowest BCUT2D eigenvalue weighted by atomic mass is 9.98. The fourth-order valence-electron chi connectivity index (χ4n) is 8.82. The first kappa shape index (κ1) is 39.5. The summed E-state index contributed by atoms with van der Waals surface area (Å²) >= 11 is 0. The van der Waals surface area contributed by atoms with Crippen molar-refractivity contribution in [2.75, 3.05) is 0 Å². The summed E-state index contributed by atoms with van der Waals surface area (Å²) in [5.74, 6) is 1.46. The van der Waals surface area contributed by atoms with E-state index in [9.17, 15) is 13.2 Å². The summed E-state index contributed by atoms with van der Waals surface area (Å²) in [5, 5.41) is 2.03. The maximum Gasteiger partial charge on any atom is 0.416 e. The number of hydrogen-bond acceptors (Lipinski definition) is 3. The molecule has 0 aliphatic carbocycles. The van der Waals surface area contributed by atoms with E-state index < -0.39 is 11.7 Å². The molecule has 2 heterocycles. The molecule has 306 valence electrons. The Hall–Kier alpha value is -7.64. The molecule has 0 saturated carbocycles. The Morgan fingerprint density at radius 3 is 1.29 bits per heavy atom. The first-order chi connectivity index (χ1) is 30.4. The maximum absolute atomic E-state index is 14.4. The molecule has 0 radical (unpaired) electrons. The highest BCUT2D eigenvalue weighted by Crippen LogP contribution is 2.42. The zero-order chi connectivity index (χ0) is 43.4. The number of alkyl halides is 3. The smallest absolute Gasteiger partial charge is 0.309 e. The minimum absolute atomic E-state index is 0.433. The van der Waals surface area contributed by atoms with E-state index in [0.717, 1.165) is 83.5 Å². The van der Waals surface area contributed by atoms with Crippen LogP contribution in [0.1, 0.15) is 27.8 Å². The normalized spacial score (nSPS) is 11.7. The highest BCUT2D eigenvalue weighted by atomic mass is 19.4. The number of benzene rings is 8. The minimum Gasteiger partial charge on any atom is -0.309 e. The van der Waals surface area contributed by atoms with Crippen molar-refractivity contribution < 1.29 is 13.2 Å². The van der Waals surface area contributed by atoms with Gasteiger partial charge < -0.3 is 4.57 Å². The Labute approximate surface area is 364 Å². The number of rotatable bonds is 7. The van der Waals surface area contributed by atoms with Crippen molar-refractivity contribution in [3.63, 3.8) is 0 Å². The molecule has 0 unspecified atom stereocenters. The van der Waals surface area contributed by atoms with Gasteiger partial charge in [-0.15, -0.1) is 0 Å². The van der Waals surface area contributed by atoms with E-state index >= 15 is 0 Å². The van der Waals surface area contributed by atoms with Crippen LogP contribution < -0.4 is 0 Å². The average Bonchev–Trinajstić information content (AvgIpc) is 3.61. The number of aryl methyl sites for hydroxylation is 4. The van der Waals surface area contributed by atoms with Crippen molar-refractivity contribution in [3.8, 4) is 73.2 Å². The van der Waals surface area contributed by atoms with Gasteiger partial charge in [0.15, 0.2) is 17.5 Å². The van der Waals surface area contributed by atoms with E-state index in [-0.39, 0.29) is 0 Å². The second-order valence-electron chi connectivity index (χ2n) is 16.4. The van der Waals surface area contributed by atoms with Crippen LogP contribution in [0.4, 0.5) is 13.2 Å². The molecule has 2 aromatic heterocycles. The summed E-state index contributed by atoms with van der Waals surface area (Å²) in [5.41, 5.74) is 14.1. The maximum atomic E-state index is 14.4. The summed E-state index contributed by atoms with van der Waals surface area (Å²) in [7, 11) is 0. The van der Waals surface area contributed by atoms with E-state index in [1.165, 1.54) is 12.1 Å².